The minimum atomic E-state index is -1.11. The Kier molecular flexibility index (Phi) is 4.16. The Morgan fingerprint density at radius 1 is 1.20 bits per heavy atom. The van der Waals surface area contributed by atoms with Crippen LogP contribution in [0.1, 0.15) is 20.8 Å². The van der Waals surface area contributed by atoms with Gasteiger partial charge in [-0.25, -0.2) is 9.78 Å². The molecule has 1 amide bonds. The fourth-order valence-corrected chi connectivity index (χ4v) is 1.76. The molecule has 0 aliphatic rings. The fraction of sp³-hybridized carbons (Fsp3) is 0. The van der Waals surface area contributed by atoms with Crippen molar-refractivity contribution < 1.29 is 14.7 Å². The molecule has 2 aromatic rings. The van der Waals surface area contributed by atoms with Gasteiger partial charge in [-0.2, -0.15) is 0 Å². The lowest BCUT2D eigenvalue weighted by atomic mass is 10.2. The van der Waals surface area contributed by atoms with Gasteiger partial charge >= 0.3 is 5.97 Å². The van der Waals surface area contributed by atoms with Crippen LogP contribution in [-0.2, 0) is 0 Å². The first-order chi connectivity index (χ1) is 9.47. The number of rotatable bonds is 3. The monoisotopic (exact) mass is 311 g/mol. The Morgan fingerprint density at radius 3 is 2.55 bits per heavy atom. The molecule has 0 unspecified atom stereocenters. The lowest BCUT2D eigenvalue weighted by molar-refractivity contribution is 0.0696. The number of carboxylic acids is 1. The molecular weight excluding hydrogens is 305 g/mol. The Morgan fingerprint density at radius 2 is 1.95 bits per heavy atom. The Hall–Kier alpha value is -2.18. The van der Waals surface area contributed by atoms with E-state index >= 15 is 0 Å². The molecule has 6 nitrogen and oxygen atoms in total. The lowest BCUT2D eigenvalue weighted by Crippen LogP contribution is -2.14. The second kappa shape index (κ2) is 5.85. The average Bonchev–Trinajstić information content (AvgIpc) is 2.40. The first-order valence-corrected chi connectivity index (χ1v) is 6.04. The maximum absolute atomic E-state index is 11.9. The maximum Gasteiger partial charge on any atom is 0.335 e. The molecule has 0 aliphatic carbocycles. The van der Waals surface area contributed by atoms with Gasteiger partial charge in [0.1, 0.15) is 10.8 Å². The number of carbonyl (C=O) groups is 2. The summed E-state index contributed by atoms with van der Waals surface area (Å²) in [6.45, 7) is 0. The number of benzene rings is 1. The molecular formula is C12H7Cl2N3O3. The molecule has 0 radical (unpaired) electrons. The minimum Gasteiger partial charge on any atom is -0.478 e. The second-order valence-electron chi connectivity index (χ2n) is 3.68. The predicted octanol–water partition coefficient (Wildman–Crippen LogP) is 2.73. The summed E-state index contributed by atoms with van der Waals surface area (Å²) < 4.78 is 0. The third kappa shape index (κ3) is 3.23. The van der Waals surface area contributed by atoms with E-state index in [1.165, 1.54) is 30.6 Å². The molecule has 1 heterocycles. The molecule has 0 aliphatic heterocycles. The van der Waals surface area contributed by atoms with E-state index in [-0.39, 0.29) is 27.1 Å². The van der Waals surface area contributed by atoms with Crippen LogP contribution < -0.4 is 5.32 Å². The molecule has 102 valence electrons. The van der Waals surface area contributed by atoms with Crippen LogP contribution in [0.3, 0.4) is 0 Å². The zero-order chi connectivity index (χ0) is 14.7. The van der Waals surface area contributed by atoms with E-state index in [9.17, 15) is 9.59 Å². The lowest BCUT2D eigenvalue weighted by Gasteiger charge is -2.07. The van der Waals surface area contributed by atoms with Gasteiger partial charge in [-0.15, -0.1) is 0 Å². The number of nitrogens with zero attached hydrogens (tertiary/aromatic N) is 2. The predicted molar refractivity (Wildman–Crippen MR) is 73.4 cm³/mol. The molecule has 8 heteroatoms. The number of aromatic nitrogens is 2. The van der Waals surface area contributed by atoms with Crippen LogP contribution in [-0.4, -0.2) is 27.0 Å². The third-order valence-corrected chi connectivity index (χ3v) is 2.80. The van der Waals surface area contributed by atoms with Crippen molar-refractivity contribution in [1.29, 1.82) is 0 Å². The third-order valence-electron chi connectivity index (χ3n) is 2.30. The van der Waals surface area contributed by atoms with Gasteiger partial charge in [0.05, 0.1) is 28.7 Å². The van der Waals surface area contributed by atoms with Crippen LogP contribution in [0.2, 0.25) is 10.2 Å². The van der Waals surface area contributed by atoms with Crippen molar-refractivity contribution in [2.45, 2.75) is 0 Å². The van der Waals surface area contributed by atoms with Crippen molar-refractivity contribution in [1.82, 2.24) is 9.97 Å². The van der Waals surface area contributed by atoms with Crippen LogP contribution in [0, 0.1) is 0 Å². The number of hydrogen-bond acceptors (Lipinski definition) is 4. The molecule has 1 aromatic carbocycles. The number of halogens is 2. The summed E-state index contributed by atoms with van der Waals surface area (Å²) in [5.41, 5.74) is 0.315. The number of nitrogens with one attached hydrogen (secondary N) is 1. The number of carbonyl (C=O) groups excluding carboxylic acids is 1. The molecule has 20 heavy (non-hydrogen) atoms. The van der Waals surface area contributed by atoms with E-state index in [0.717, 1.165) is 0 Å². The molecule has 2 N–H and O–H groups in total. The summed E-state index contributed by atoms with van der Waals surface area (Å²) in [7, 11) is 0. The Labute approximate surface area is 123 Å². The van der Waals surface area contributed by atoms with E-state index in [4.69, 9.17) is 28.3 Å². The maximum atomic E-state index is 11.9. The van der Waals surface area contributed by atoms with Gasteiger partial charge in [-0.1, -0.05) is 23.2 Å². The minimum absolute atomic E-state index is 0.0237. The number of anilines is 1. The molecule has 1 aromatic heterocycles. The van der Waals surface area contributed by atoms with Crippen molar-refractivity contribution in [3.05, 3.63) is 52.0 Å². The molecule has 0 fully saturated rings. The van der Waals surface area contributed by atoms with Gasteiger partial charge in [0.15, 0.2) is 0 Å². The van der Waals surface area contributed by atoms with Gasteiger partial charge in [0.25, 0.3) is 5.91 Å². The summed E-state index contributed by atoms with van der Waals surface area (Å²) in [6.07, 6.45) is 2.55. The SMILES string of the molecule is O=C(O)c1ccc(NC(=O)c2cncc(Cl)n2)c(Cl)c1. The van der Waals surface area contributed by atoms with Crippen LogP contribution in [0.4, 0.5) is 5.69 Å². The van der Waals surface area contributed by atoms with Crippen LogP contribution in [0.5, 0.6) is 0 Å². The molecule has 0 saturated carbocycles. The van der Waals surface area contributed by atoms with Crippen molar-refractivity contribution >= 4 is 40.8 Å². The fourth-order valence-electron chi connectivity index (χ4n) is 1.39. The zero-order valence-corrected chi connectivity index (χ0v) is 11.3. The van der Waals surface area contributed by atoms with E-state index < -0.39 is 11.9 Å². The van der Waals surface area contributed by atoms with E-state index in [0.29, 0.717) is 0 Å². The smallest absolute Gasteiger partial charge is 0.335 e. The first-order valence-electron chi connectivity index (χ1n) is 5.29. The molecule has 0 bridgehead atoms. The largest absolute Gasteiger partial charge is 0.478 e. The van der Waals surface area contributed by atoms with Crippen LogP contribution >= 0.6 is 23.2 Å². The van der Waals surface area contributed by atoms with Gasteiger partial charge in [0, 0.05) is 0 Å². The highest BCUT2D eigenvalue weighted by atomic mass is 35.5. The molecule has 2 rings (SSSR count). The van der Waals surface area contributed by atoms with Crippen molar-refractivity contribution in [3.63, 3.8) is 0 Å². The van der Waals surface area contributed by atoms with Gasteiger partial charge in [0.2, 0.25) is 0 Å². The summed E-state index contributed by atoms with van der Waals surface area (Å²) in [5.74, 6) is -1.66. The van der Waals surface area contributed by atoms with Crippen molar-refractivity contribution in [2.75, 3.05) is 5.32 Å². The van der Waals surface area contributed by atoms with E-state index in [2.05, 4.69) is 15.3 Å². The van der Waals surface area contributed by atoms with Crippen molar-refractivity contribution in [3.8, 4) is 0 Å². The number of aromatic carboxylic acids is 1. The molecule has 0 spiro atoms. The molecule has 0 saturated heterocycles. The van der Waals surface area contributed by atoms with Gasteiger partial charge in [-0.3, -0.25) is 9.78 Å². The Balaban J connectivity index is 2.22. The van der Waals surface area contributed by atoms with E-state index in [1.807, 2.05) is 0 Å². The van der Waals surface area contributed by atoms with Crippen LogP contribution in [0.15, 0.2) is 30.6 Å². The average molecular weight is 312 g/mol. The number of hydrogen-bond donors (Lipinski definition) is 2. The summed E-state index contributed by atoms with van der Waals surface area (Å²) >= 11 is 11.5. The normalized spacial score (nSPS) is 10.1. The molecule has 0 atom stereocenters. The van der Waals surface area contributed by atoms with E-state index in [1.54, 1.807) is 0 Å². The standard InChI is InChI=1S/C12H7Cl2N3O3/c13-7-3-6(12(19)20)1-2-8(7)17-11(18)9-4-15-5-10(14)16-9/h1-5H,(H,17,18)(H,19,20). The highest BCUT2D eigenvalue weighted by molar-refractivity contribution is 6.34. The Bertz CT molecular complexity index is 691. The van der Waals surface area contributed by atoms with Gasteiger partial charge in [-0.05, 0) is 18.2 Å². The number of amides is 1. The highest BCUT2D eigenvalue weighted by Crippen LogP contribution is 2.23. The second-order valence-corrected chi connectivity index (χ2v) is 4.48. The number of carboxylic acid groups (broad SMARTS) is 1. The summed E-state index contributed by atoms with van der Waals surface area (Å²) in [6, 6.07) is 3.96. The van der Waals surface area contributed by atoms with Crippen LogP contribution in [0.25, 0.3) is 0 Å². The topological polar surface area (TPSA) is 92.2 Å². The summed E-state index contributed by atoms with van der Waals surface area (Å²) in [4.78, 5) is 30.2. The summed E-state index contributed by atoms with van der Waals surface area (Å²) in [5, 5.41) is 11.5. The van der Waals surface area contributed by atoms with Crippen molar-refractivity contribution in [2.24, 2.45) is 0 Å². The zero-order valence-electron chi connectivity index (χ0n) is 9.80. The highest BCUT2D eigenvalue weighted by Gasteiger charge is 2.12. The van der Waals surface area contributed by atoms with Gasteiger partial charge < -0.3 is 10.4 Å². The first kappa shape index (κ1) is 14.2. The quantitative estimate of drug-likeness (QED) is 0.909.